The Labute approximate surface area is 115 Å². The van der Waals surface area contributed by atoms with E-state index in [-0.39, 0.29) is 17.0 Å². The predicted octanol–water partition coefficient (Wildman–Crippen LogP) is 1.39. The van der Waals surface area contributed by atoms with E-state index >= 15 is 0 Å². The molecule has 2 rings (SSSR count). The molecule has 0 spiro atoms. The molecule has 1 aliphatic rings. The van der Waals surface area contributed by atoms with Crippen molar-refractivity contribution >= 4 is 26.0 Å². The Balaban J connectivity index is 2.16. The van der Waals surface area contributed by atoms with Gasteiger partial charge in [-0.3, -0.25) is 4.98 Å². The molecular formula is C11H16BrN3O2S. The maximum Gasteiger partial charge on any atom is 0.242 e. The number of hydrogen-bond donors (Lipinski definition) is 2. The highest BCUT2D eigenvalue weighted by atomic mass is 79.9. The zero-order valence-electron chi connectivity index (χ0n) is 9.84. The van der Waals surface area contributed by atoms with E-state index in [1.54, 1.807) is 6.20 Å². The number of nitrogens with one attached hydrogen (secondary N) is 1. The molecule has 5 nitrogen and oxygen atoms in total. The van der Waals surface area contributed by atoms with Gasteiger partial charge in [0, 0.05) is 29.0 Å². The van der Waals surface area contributed by atoms with Crippen molar-refractivity contribution in [3.8, 4) is 0 Å². The summed E-state index contributed by atoms with van der Waals surface area (Å²) in [5.41, 5.74) is 5.94. The quantitative estimate of drug-likeness (QED) is 0.875. The molecule has 0 amide bonds. The number of halogens is 1. The lowest BCUT2D eigenvalue weighted by atomic mass is 9.92. The van der Waals surface area contributed by atoms with Crippen molar-refractivity contribution < 1.29 is 8.42 Å². The summed E-state index contributed by atoms with van der Waals surface area (Å²) in [7, 11) is -3.54. The number of nitrogens with zero attached hydrogens (tertiary/aromatic N) is 1. The number of rotatable bonds is 3. The van der Waals surface area contributed by atoms with E-state index in [2.05, 4.69) is 25.6 Å². The zero-order chi connectivity index (χ0) is 13.2. The Bertz CT molecular complexity index is 521. The van der Waals surface area contributed by atoms with Gasteiger partial charge in [0.25, 0.3) is 0 Å². The largest absolute Gasteiger partial charge is 0.326 e. The van der Waals surface area contributed by atoms with Gasteiger partial charge in [-0.15, -0.1) is 0 Å². The summed E-state index contributed by atoms with van der Waals surface area (Å²) in [6.45, 7) is 0. The third-order valence-corrected chi connectivity index (χ3v) is 5.01. The average molecular weight is 334 g/mol. The molecule has 100 valence electrons. The maximum absolute atomic E-state index is 12.2. The predicted molar refractivity (Wildman–Crippen MR) is 72.5 cm³/mol. The van der Waals surface area contributed by atoms with Gasteiger partial charge in [0.2, 0.25) is 10.0 Å². The van der Waals surface area contributed by atoms with Gasteiger partial charge in [-0.05, 0) is 34.8 Å². The highest BCUT2D eigenvalue weighted by Crippen LogP contribution is 2.20. The summed E-state index contributed by atoms with van der Waals surface area (Å²) >= 11 is 3.21. The fraction of sp³-hybridized carbons (Fsp3) is 0.545. The molecule has 2 atom stereocenters. The molecule has 7 heteroatoms. The molecule has 0 aliphatic heterocycles. The molecule has 3 N–H and O–H groups in total. The number of nitrogens with two attached hydrogens (primary N) is 1. The first-order chi connectivity index (χ1) is 8.49. The summed E-state index contributed by atoms with van der Waals surface area (Å²) in [5, 5.41) is 0. The molecule has 1 aromatic rings. The minimum absolute atomic E-state index is 0.103. The smallest absolute Gasteiger partial charge is 0.242 e. The lowest BCUT2D eigenvalue weighted by molar-refractivity contribution is 0.361. The summed E-state index contributed by atoms with van der Waals surface area (Å²) in [5.74, 6) is 0. The Kier molecular flexibility index (Phi) is 4.37. The fourth-order valence-electron chi connectivity index (χ4n) is 2.11. The van der Waals surface area contributed by atoms with Gasteiger partial charge in [-0.1, -0.05) is 12.8 Å². The van der Waals surface area contributed by atoms with E-state index in [0.717, 1.165) is 25.7 Å². The number of aromatic nitrogens is 1. The van der Waals surface area contributed by atoms with Crippen LogP contribution in [0, 0.1) is 0 Å². The van der Waals surface area contributed by atoms with Crippen LogP contribution in [0.25, 0.3) is 0 Å². The fourth-order valence-corrected chi connectivity index (χ4v) is 3.94. The second kappa shape index (κ2) is 5.64. The molecule has 0 bridgehead atoms. The van der Waals surface area contributed by atoms with E-state index in [1.807, 2.05) is 0 Å². The molecule has 1 saturated carbocycles. The van der Waals surface area contributed by atoms with Gasteiger partial charge in [0.05, 0.1) is 0 Å². The highest BCUT2D eigenvalue weighted by Gasteiger charge is 2.27. The van der Waals surface area contributed by atoms with Gasteiger partial charge in [-0.2, -0.15) is 0 Å². The molecule has 1 aliphatic carbocycles. The summed E-state index contributed by atoms with van der Waals surface area (Å²) < 4.78 is 27.7. The van der Waals surface area contributed by atoms with E-state index in [0.29, 0.717) is 4.47 Å². The molecular weight excluding hydrogens is 318 g/mol. The Morgan fingerprint density at radius 3 is 2.72 bits per heavy atom. The van der Waals surface area contributed by atoms with Crippen molar-refractivity contribution in [2.45, 2.75) is 42.7 Å². The van der Waals surface area contributed by atoms with Crippen molar-refractivity contribution in [1.29, 1.82) is 0 Å². The summed E-state index contributed by atoms with van der Waals surface area (Å²) in [4.78, 5) is 4.03. The van der Waals surface area contributed by atoms with Gasteiger partial charge in [0.15, 0.2) is 0 Å². The molecule has 0 radical (unpaired) electrons. The SMILES string of the molecule is NC1CCCCC1NS(=O)(=O)c1cncc(Br)c1. The lowest BCUT2D eigenvalue weighted by Crippen LogP contribution is -2.49. The Hall–Kier alpha value is -0.500. The van der Waals surface area contributed by atoms with E-state index in [9.17, 15) is 8.42 Å². The number of hydrogen-bond acceptors (Lipinski definition) is 4. The van der Waals surface area contributed by atoms with Crippen LogP contribution in [-0.2, 0) is 10.0 Å². The Morgan fingerprint density at radius 2 is 2.06 bits per heavy atom. The summed E-state index contributed by atoms with van der Waals surface area (Å²) in [6.07, 6.45) is 6.62. The van der Waals surface area contributed by atoms with Gasteiger partial charge in [-0.25, -0.2) is 13.1 Å². The van der Waals surface area contributed by atoms with Crippen LogP contribution < -0.4 is 10.5 Å². The van der Waals surface area contributed by atoms with Crippen LogP contribution in [0.4, 0.5) is 0 Å². The molecule has 1 fully saturated rings. The van der Waals surface area contributed by atoms with Crippen LogP contribution in [0.2, 0.25) is 0 Å². The van der Waals surface area contributed by atoms with Crippen LogP contribution in [0.3, 0.4) is 0 Å². The third kappa shape index (κ3) is 3.28. The molecule has 0 saturated heterocycles. The first-order valence-corrected chi connectivity index (χ1v) is 8.15. The van der Waals surface area contributed by atoms with Crippen LogP contribution in [-0.4, -0.2) is 25.5 Å². The molecule has 18 heavy (non-hydrogen) atoms. The normalized spacial score (nSPS) is 25.0. The minimum Gasteiger partial charge on any atom is -0.326 e. The van der Waals surface area contributed by atoms with E-state index in [1.165, 1.54) is 12.3 Å². The van der Waals surface area contributed by atoms with Crippen molar-refractivity contribution in [3.05, 3.63) is 22.9 Å². The third-order valence-electron chi connectivity index (χ3n) is 3.12. The van der Waals surface area contributed by atoms with Gasteiger partial charge >= 0.3 is 0 Å². The standard InChI is InChI=1S/C11H16BrN3O2S/c12-8-5-9(7-14-6-8)18(16,17)15-11-4-2-1-3-10(11)13/h5-7,10-11,15H,1-4,13H2. The minimum atomic E-state index is -3.54. The number of pyridine rings is 1. The second-order valence-electron chi connectivity index (χ2n) is 4.51. The second-order valence-corrected chi connectivity index (χ2v) is 7.14. The molecule has 0 aromatic carbocycles. The van der Waals surface area contributed by atoms with Crippen molar-refractivity contribution in [3.63, 3.8) is 0 Å². The van der Waals surface area contributed by atoms with Crippen LogP contribution in [0.15, 0.2) is 27.8 Å². The zero-order valence-corrected chi connectivity index (χ0v) is 12.2. The van der Waals surface area contributed by atoms with Crippen LogP contribution in [0.5, 0.6) is 0 Å². The topological polar surface area (TPSA) is 85.1 Å². The maximum atomic E-state index is 12.2. The van der Waals surface area contributed by atoms with E-state index in [4.69, 9.17) is 5.73 Å². The summed E-state index contributed by atoms with van der Waals surface area (Å²) in [6, 6.07) is 1.25. The van der Waals surface area contributed by atoms with Gasteiger partial charge < -0.3 is 5.73 Å². The van der Waals surface area contributed by atoms with Crippen molar-refractivity contribution in [2.75, 3.05) is 0 Å². The molecule has 1 aromatic heterocycles. The van der Waals surface area contributed by atoms with Gasteiger partial charge in [0.1, 0.15) is 4.90 Å². The molecule has 2 unspecified atom stereocenters. The lowest BCUT2D eigenvalue weighted by Gasteiger charge is -2.28. The van der Waals surface area contributed by atoms with Crippen LogP contribution >= 0.6 is 15.9 Å². The Morgan fingerprint density at radius 1 is 1.33 bits per heavy atom. The van der Waals surface area contributed by atoms with Crippen molar-refractivity contribution in [2.24, 2.45) is 5.73 Å². The number of sulfonamides is 1. The average Bonchev–Trinajstić information content (AvgIpc) is 2.32. The monoisotopic (exact) mass is 333 g/mol. The highest BCUT2D eigenvalue weighted by molar-refractivity contribution is 9.10. The van der Waals surface area contributed by atoms with Crippen LogP contribution in [0.1, 0.15) is 25.7 Å². The van der Waals surface area contributed by atoms with E-state index < -0.39 is 10.0 Å². The molecule has 1 heterocycles. The van der Waals surface area contributed by atoms with Crippen molar-refractivity contribution in [1.82, 2.24) is 9.71 Å². The first-order valence-electron chi connectivity index (χ1n) is 5.87. The first kappa shape index (κ1) is 13.9.